The Balaban J connectivity index is 3.29. The minimum Gasteiger partial charge on any atom is -0.221 e. The smallest absolute Gasteiger partial charge is 0.221 e. The van der Waals surface area contributed by atoms with Crippen molar-refractivity contribution < 1.29 is 9.18 Å². The summed E-state index contributed by atoms with van der Waals surface area (Å²) in [6.07, 6.45) is -0.333. The summed E-state index contributed by atoms with van der Waals surface area (Å²) >= 11 is 0. The SMILES string of the molecule is CC(F)N=C=O. The lowest BCUT2D eigenvalue weighted by Gasteiger charge is -1.77. The summed E-state index contributed by atoms with van der Waals surface area (Å²) < 4.78 is 11.3. The fourth-order valence-electron chi connectivity index (χ4n) is 0.0726. The Hall–Kier alpha value is -0.690. The minimum atomic E-state index is -1.40. The number of alkyl halides is 1. The van der Waals surface area contributed by atoms with Crippen LogP contribution in [0.1, 0.15) is 6.92 Å². The maximum Gasteiger partial charge on any atom is 0.237 e. The van der Waals surface area contributed by atoms with E-state index in [1.807, 2.05) is 0 Å². The lowest BCUT2D eigenvalue weighted by atomic mass is 10.7. The molecule has 0 aliphatic carbocycles. The normalized spacial score (nSPS) is 12.3. The van der Waals surface area contributed by atoms with E-state index in [1.54, 1.807) is 0 Å². The Morgan fingerprint density at radius 2 is 2.50 bits per heavy atom. The van der Waals surface area contributed by atoms with Crippen molar-refractivity contribution in [2.45, 2.75) is 13.2 Å². The average molecular weight is 89.1 g/mol. The van der Waals surface area contributed by atoms with Gasteiger partial charge in [0.25, 0.3) is 0 Å². The van der Waals surface area contributed by atoms with Crippen LogP contribution in [0.4, 0.5) is 4.39 Å². The Bertz CT molecular complexity index is 74.9. The van der Waals surface area contributed by atoms with Gasteiger partial charge in [-0.2, -0.15) is 4.99 Å². The van der Waals surface area contributed by atoms with Gasteiger partial charge in [-0.25, -0.2) is 9.18 Å². The lowest BCUT2D eigenvalue weighted by Crippen LogP contribution is -1.80. The van der Waals surface area contributed by atoms with Crippen LogP contribution in [0.15, 0.2) is 4.99 Å². The molecule has 1 unspecified atom stereocenters. The molecule has 0 aliphatic heterocycles. The van der Waals surface area contributed by atoms with E-state index in [4.69, 9.17) is 4.79 Å². The second-order valence-electron chi connectivity index (χ2n) is 0.794. The molecule has 0 fully saturated rings. The molecule has 0 aromatic rings. The number of halogens is 1. The van der Waals surface area contributed by atoms with Gasteiger partial charge in [0.2, 0.25) is 6.08 Å². The van der Waals surface area contributed by atoms with E-state index in [2.05, 4.69) is 4.99 Å². The number of aliphatic imine (C=N–C) groups is 1. The Morgan fingerprint density at radius 3 is 2.50 bits per heavy atom. The van der Waals surface area contributed by atoms with E-state index in [1.165, 1.54) is 0 Å². The molecule has 2 nitrogen and oxygen atoms in total. The number of hydrogen-bond donors (Lipinski definition) is 0. The Labute approximate surface area is 34.7 Å². The van der Waals surface area contributed by atoms with Crippen molar-refractivity contribution in [3.63, 3.8) is 0 Å². The van der Waals surface area contributed by atoms with E-state index in [0.717, 1.165) is 13.0 Å². The fourth-order valence-corrected chi connectivity index (χ4v) is 0.0726. The van der Waals surface area contributed by atoms with Crippen LogP contribution in [-0.4, -0.2) is 12.4 Å². The van der Waals surface area contributed by atoms with E-state index in [-0.39, 0.29) is 0 Å². The highest BCUT2D eigenvalue weighted by molar-refractivity contribution is 5.32. The minimum absolute atomic E-state index is 1.07. The van der Waals surface area contributed by atoms with E-state index in [9.17, 15) is 4.39 Å². The number of nitrogens with zero attached hydrogens (tertiary/aromatic N) is 1. The summed E-state index contributed by atoms with van der Waals surface area (Å²) in [5.41, 5.74) is 0. The van der Waals surface area contributed by atoms with Gasteiger partial charge in [0.15, 0.2) is 6.30 Å². The van der Waals surface area contributed by atoms with Gasteiger partial charge < -0.3 is 0 Å². The number of carbonyl (C=O) groups excluding carboxylic acids is 1. The van der Waals surface area contributed by atoms with E-state index >= 15 is 0 Å². The Morgan fingerprint density at radius 1 is 2.00 bits per heavy atom. The second-order valence-corrected chi connectivity index (χ2v) is 0.794. The van der Waals surface area contributed by atoms with Gasteiger partial charge in [0, 0.05) is 0 Å². The van der Waals surface area contributed by atoms with Gasteiger partial charge >= 0.3 is 0 Å². The summed E-state index contributed by atoms with van der Waals surface area (Å²) in [4.78, 5) is 11.7. The van der Waals surface area contributed by atoms with Crippen LogP contribution in [0, 0.1) is 0 Å². The van der Waals surface area contributed by atoms with Crippen molar-refractivity contribution in [1.29, 1.82) is 0 Å². The molecule has 34 valence electrons. The van der Waals surface area contributed by atoms with Crippen molar-refractivity contribution in [3.8, 4) is 0 Å². The first-order valence-electron chi connectivity index (χ1n) is 1.48. The standard InChI is InChI=1S/C3H4FNO/c1-3(4)5-2-6/h3H,1H3. The molecule has 0 aromatic heterocycles. The van der Waals surface area contributed by atoms with Crippen molar-refractivity contribution in [3.05, 3.63) is 0 Å². The van der Waals surface area contributed by atoms with Gasteiger partial charge in [-0.05, 0) is 6.92 Å². The molecule has 3 heteroatoms. The molecule has 0 radical (unpaired) electrons. The predicted molar refractivity (Wildman–Crippen MR) is 18.7 cm³/mol. The number of rotatable bonds is 1. The summed E-state index contributed by atoms with van der Waals surface area (Å²) in [5, 5.41) is 0. The van der Waals surface area contributed by atoms with Crippen molar-refractivity contribution in [2.24, 2.45) is 4.99 Å². The van der Waals surface area contributed by atoms with Crippen molar-refractivity contribution in [1.82, 2.24) is 0 Å². The van der Waals surface area contributed by atoms with Crippen LogP contribution in [0.5, 0.6) is 0 Å². The molecule has 0 saturated carbocycles. The molecular weight excluding hydrogens is 85.0 g/mol. The van der Waals surface area contributed by atoms with Crippen LogP contribution >= 0.6 is 0 Å². The molecule has 0 spiro atoms. The first-order valence-corrected chi connectivity index (χ1v) is 1.48. The molecule has 0 rings (SSSR count). The second kappa shape index (κ2) is 2.54. The zero-order chi connectivity index (χ0) is 4.99. The Kier molecular flexibility index (Phi) is 2.25. The van der Waals surface area contributed by atoms with Gasteiger partial charge in [-0.3, -0.25) is 0 Å². The molecule has 6 heavy (non-hydrogen) atoms. The van der Waals surface area contributed by atoms with Crippen LogP contribution in [0.25, 0.3) is 0 Å². The molecule has 0 amide bonds. The highest BCUT2D eigenvalue weighted by Crippen LogP contribution is 1.83. The van der Waals surface area contributed by atoms with Crippen molar-refractivity contribution in [2.75, 3.05) is 0 Å². The van der Waals surface area contributed by atoms with Crippen LogP contribution in [-0.2, 0) is 4.79 Å². The van der Waals surface area contributed by atoms with Gasteiger partial charge in [-0.1, -0.05) is 0 Å². The van der Waals surface area contributed by atoms with Gasteiger partial charge in [0.1, 0.15) is 0 Å². The van der Waals surface area contributed by atoms with Crippen molar-refractivity contribution >= 4 is 6.08 Å². The van der Waals surface area contributed by atoms with E-state index < -0.39 is 6.30 Å². The highest BCUT2D eigenvalue weighted by Gasteiger charge is 1.84. The molecule has 0 N–H and O–H groups in total. The average Bonchev–Trinajstić information content (AvgIpc) is 1.35. The predicted octanol–water partition coefficient (Wildman–Crippen LogP) is 0.638. The summed E-state index contributed by atoms with van der Waals surface area (Å²) in [5.74, 6) is 0. The molecular formula is C3H4FNO. The largest absolute Gasteiger partial charge is 0.237 e. The lowest BCUT2D eigenvalue weighted by molar-refractivity contribution is 0.374. The van der Waals surface area contributed by atoms with Gasteiger partial charge in [0.05, 0.1) is 0 Å². The molecule has 1 atom stereocenters. The highest BCUT2D eigenvalue weighted by atomic mass is 19.1. The molecule has 0 saturated heterocycles. The first kappa shape index (κ1) is 5.31. The summed E-state index contributed by atoms with van der Waals surface area (Å²) in [6.45, 7) is 1.16. The van der Waals surface area contributed by atoms with Gasteiger partial charge in [-0.15, -0.1) is 0 Å². The zero-order valence-corrected chi connectivity index (χ0v) is 3.31. The van der Waals surface area contributed by atoms with Crippen LogP contribution in [0.2, 0.25) is 0 Å². The third-order valence-electron chi connectivity index (χ3n) is 0.231. The molecule has 0 heterocycles. The molecule has 0 aliphatic rings. The number of isocyanates is 1. The quantitative estimate of drug-likeness (QED) is 0.263. The first-order chi connectivity index (χ1) is 2.77. The molecule has 0 bridgehead atoms. The maximum atomic E-state index is 11.3. The van der Waals surface area contributed by atoms with E-state index in [0.29, 0.717) is 0 Å². The summed E-state index contributed by atoms with van der Waals surface area (Å²) in [7, 11) is 0. The number of hydrogen-bond acceptors (Lipinski definition) is 2. The monoisotopic (exact) mass is 89.0 g/mol. The fraction of sp³-hybridized carbons (Fsp3) is 0.667. The van der Waals surface area contributed by atoms with Crippen LogP contribution < -0.4 is 0 Å². The third-order valence-corrected chi connectivity index (χ3v) is 0.231. The van der Waals surface area contributed by atoms with Crippen LogP contribution in [0.3, 0.4) is 0 Å². The maximum absolute atomic E-state index is 11.3. The zero-order valence-electron chi connectivity index (χ0n) is 3.31. The third kappa shape index (κ3) is 3.31. The molecule has 0 aromatic carbocycles. The topological polar surface area (TPSA) is 29.4 Å². The summed E-state index contributed by atoms with van der Waals surface area (Å²) in [6, 6.07) is 0.